The zero-order valence-electron chi connectivity index (χ0n) is 18.2. The van der Waals surface area contributed by atoms with Gasteiger partial charge in [-0.1, -0.05) is 58.0 Å². The van der Waals surface area contributed by atoms with E-state index in [2.05, 4.69) is 88.5 Å². The number of hydrogen-bond acceptors (Lipinski definition) is 2. The molecule has 2 heterocycles. The van der Waals surface area contributed by atoms with Gasteiger partial charge in [-0.15, -0.1) is 0 Å². The molecule has 30 heavy (non-hydrogen) atoms. The molecule has 150 valence electrons. The van der Waals surface area contributed by atoms with Gasteiger partial charge in [0, 0.05) is 28.7 Å². The number of pyridine rings is 2. The Labute approximate surface area is 179 Å². The normalized spacial score (nSPS) is 13.0. The van der Waals surface area contributed by atoms with Gasteiger partial charge in [-0.25, -0.2) is 0 Å². The van der Waals surface area contributed by atoms with E-state index in [4.69, 9.17) is 9.97 Å². The number of hydrogen-bond donors (Lipinski definition) is 0. The molecule has 0 amide bonds. The van der Waals surface area contributed by atoms with Gasteiger partial charge in [0.05, 0.1) is 5.69 Å². The Kier molecular flexibility index (Phi) is 4.66. The smallest absolute Gasteiger partial charge is 0.0708 e. The number of rotatable bonds is 3. The Morgan fingerprint density at radius 3 is 2.43 bits per heavy atom. The van der Waals surface area contributed by atoms with Crippen LogP contribution in [0, 0.1) is 0 Å². The van der Waals surface area contributed by atoms with Crippen LogP contribution in [0.15, 0.2) is 60.8 Å². The highest BCUT2D eigenvalue weighted by molar-refractivity contribution is 5.91. The molecule has 1 aliphatic rings. The van der Waals surface area contributed by atoms with Crippen LogP contribution in [-0.4, -0.2) is 9.97 Å². The maximum absolute atomic E-state index is 4.97. The highest BCUT2D eigenvalue weighted by atomic mass is 14.7. The molecule has 0 saturated carbocycles. The standard InChI is InChI=1S/C28H28N2/c1-17(2)24-14-21(13-19-7-5-6-8-22(19)24)28-15-25-20(16-29-28)9-11-27-23(25)10-12-26(30-27)18(3)4/h5-8,10,12-18H,9,11H2,1-4H3. The summed E-state index contributed by atoms with van der Waals surface area (Å²) in [6.07, 6.45) is 4.09. The molecule has 1 aliphatic carbocycles. The summed E-state index contributed by atoms with van der Waals surface area (Å²) in [6, 6.07) is 20.0. The fourth-order valence-corrected chi connectivity index (χ4v) is 4.59. The summed E-state index contributed by atoms with van der Waals surface area (Å²) in [5.74, 6) is 0.920. The van der Waals surface area contributed by atoms with E-state index >= 15 is 0 Å². The summed E-state index contributed by atoms with van der Waals surface area (Å²) in [4.78, 5) is 9.84. The van der Waals surface area contributed by atoms with Crippen molar-refractivity contribution in [1.82, 2.24) is 9.97 Å². The van der Waals surface area contributed by atoms with E-state index in [1.165, 1.54) is 50.0 Å². The first-order valence-corrected chi connectivity index (χ1v) is 11.0. The molecular weight excluding hydrogens is 364 g/mol. The maximum Gasteiger partial charge on any atom is 0.0708 e. The Hall–Kier alpha value is -3.00. The summed E-state index contributed by atoms with van der Waals surface area (Å²) < 4.78 is 0. The van der Waals surface area contributed by atoms with Crippen LogP contribution in [0.5, 0.6) is 0 Å². The van der Waals surface area contributed by atoms with Gasteiger partial charge in [0.15, 0.2) is 0 Å². The molecule has 0 saturated heterocycles. The molecule has 0 atom stereocenters. The molecule has 0 radical (unpaired) electrons. The lowest BCUT2D eigenvalue weighted by Crippen LogP contribution is -2.09. The second-order valence-electron chi connectivity index (χ2n) is 9.05. The monoisotopic (exact) mass is 392 g/mol. The van der Waals surface area contributed by atoms with E-state index in [1.807, 2.05) is 0 Å². The number of fused-ring (bicyclic) bond motifs is 4. The minimum absolute atomic E-state index is 0.455. The summed E-state index contributed by atoms with van der Waals surface area (Å²) in [5, 5.41) is 2.62. The Morgan fingerprint density at radius 1 is 0.800 bits per heavy atom. The van der Waals surface area contributed by atoms with Gasteiger partial charge in [-0.05, 0) is 76.4 Å². The Morgan fingerprint density at radius 2 is 1.63 bits per heavy atom. The van der Waals surface area contributed by atoms with Gasteiger partial charge >= 0.3 is 0 Å². The molecule has 2 aromatic carbocycles. The van der Waals surface area contributed by atoms with Gasteiger partial charge in [0.25, 0.3) is 0 Å². The quantitative estimate of drug-likeness (QED) is 0.365. The molecule has 0 aliphatic heterocycles. The molecule has 0 spiro atoms. The van der Waals surface area contributed by atoms with Gasteiger partial charge in [0.1, 0.15) is 0 Å². The number of benzene rings is 2. The highest BCUT2D eigenvalue weighted by Gasteiger charge is 2.20. The average molecular weight is 393 g/mol. The first-order valence-electron chi connectivity index (χ1n) is 11.0. The minimum Gasteiger partial charge on any atom is -0.257 e. The van der Waals surface area contributed by atoms with E-state index < -0.39 is 0 Å². The fraction of sp³-hybridized carbons (Fsp3) is 0.286. The molecule has 0 bridgehead atoms. The molecule has 0 N–H and O–H groups in total. The zero-order chi connectivity index (χ0) is 20.8. The van der Waals surface area contributed by atoms with Crippen molar-refractivity contribution < 1.29 is 0 Å². The van der Waals surface area contributed by atoms with Crippen molar-refractivity contribution in [2.75, 3.05) is 0 Å². The van der Waals surface area contributed by atoms with Gasteiger partial charge in [-0.2, -0.15) is 0 Å². The van der Waals surface area contributed by atoms with Crippen LogP contribution in [0.3, 0.4) is 0 Å². The van der Waals surface area contributed by atoms with Gasteiger partial charge < -0.3 is 0 Å². The van der Waals surface area contributed by atoms with Crippen molar-refractivity contribution in [3.05, 3.63) is 83.3 Å². The van der Waals surface area contributed by atoms with Crippen LogP contribution >= 0.6 is 0 Å². The van der Waals surface area contributed by atoms with Crippen molar-refractivity contribution in [3.8, 4) is 22.4 Å². The number of aromatic nitrogens is 2. The first-order chi connectivity index (χ1) is 14.5. The van der Waals surface area contributed by atoms with Crippen LogP contribution in [0.2, 0.25) is 0 Å². The molecule has 5 rings (SSSR count). The number of nitrogens with zero attached hydrogens (tertiary/aromatic N) is 2. The van der Waals surface area contributed by atoms with Crippen LogP contribution in [-0.2, 0) is 12.8 Å². The topological polar surface area (TPSA) is 25.8 Å². The molecule has 2 nitrogen and oxygen atoms in total. The summed E-state index contributed by atoms with van der Waals surface area (Å²) in [6.45, 7) is 8.94. The third-order valence-corrected chi connectivity index (χ3v) is 6.31. The molecular formula is C28H28N2. The van der Waals surface area contributed by atoms with Crippen molar-refractivity contribution in [2.45, 2.75) is 52.4 Å². The predicted molar refractivity (Wildman–Crippen MR) is 126 cm³/mol. The van der Waals surface area contributed by atoms with E-state index in [-0.39, 0.29) is 0 Å². The van der Waals surface area contributed by atoms with Crippen LogP contribution in [0.4, 0.5) is 0 Å². The summed E-state index contributed by atoms with van der Waals surface area (Å²) in [5.41, 5.74) is 9.93. The van der Waals surface area contributed by atoms with Crippen molar-refractivity contribution >= 4 is 10.8 Å². The molecule has 2 heteroatoms. The van der Waals surface area contributed by atoms with Crippen molar-refractivity contribution in [2.24, 2.45) is 0 Å². The molecule has 0 unspecified atom stereocenters. The average Bonchev–Trinajstić information content (AvgIpc) is 2.77. The zero-order valence-corrected chi connectivity index (χ0v) is 18.2. The second-order valence-corrected chi connectivity index (χ2v) is 9.05. The predicted octanol–water partition coefficient (Wildman–Crippen LogP) is 7.31. The lowest BCUT2D eigenvalue weighted by atomic mass is 9.87. The third kappa shape index (κ3) is 3.21. The molecule has 4 aromatic rings. The minimum atomic E-state index is 0.455. The van der Waals surface area contributed by atoms with E-state index in [1.54, 1.807) is 0 Å². The Balaban J connectivity index is 1.66. The molecule has 2 aromatic heterocycles. The summed E-state index contributed by atoms with van der Waals surface area (Å²) >= 11 is 0. The van der Waals surface area contributed by atoms with E-state index in [0.29, 0.717) is 11.8 Å². The Bertz CT molecular complexity index is 1250. The van der Waals surface area contributed by atoms with E-state index in [9.17, 15) is 0 Å². The first kappa shape index (κ1) is 19.0. The second kappa shape index (κ2) is 7.36. The molecule has 0 fully saturated rings. The van der Waals surface area contributed by atoms with Crippen LogP contribution in [0.1, 0.15) is 62.0 Å². The van der Waals surface area contributed by atoms with Gasteiger partial charge in [0.2, 0.25) is 0 Å². The largest absolute Gasteiger partial charge is 0.257 e. The fourth-order valence-electron chi connectivity index (χ4n) is 4.59. The van der Waals surface area contributed by atoms with Gasteiger partial charge in [-0.3, -0.25) is 9.97 Å². The van der Waals surface area contributed by atoms with Crippen molar-refractivity contribution in [3.63, 3.8) is 0 Å². The SMILES string of the molecule is CC(C)c1ccc2c(n1)CCc1cnc(-c3cc(C(C)C)c4ccccc4c3)cc1-2. The highest BCUT2D eigenvalue weighted by Crippen LogP contribution is 2.37. The lowest BCUT2D eigenvalue weighted by molar-refractivity contribution is 0.791. The third-order valence-electron chi connectivity index (χ3n) is 6.31. The lowest BCUT2D eigenvalue weighted by Gasteiger charge is -2.21. The van der Waals surface area contributed by atoms with Crippen molar-refractivity contribution in [1.29, 1.82) is 0 Å². The van der Waals surface area contributed by atoms with E-state index in [0.717, 1.165) is 18.5 Å². The number of aryl methyl sites for hydroxylation is 2. The van der Waals surface area contributed by atoms with Crippen LogP contribution < -0.4 is 0 Å². The van der Waals surface area contributed by atoms with Crippen LogP contribution in [0.25, 0.3) is 33.2 Å². The summed E-state index contributed by atoms with van der Waals surface area (Å²) in [7, 11) is 0. The maximum atomic E-state index is 4.97.